The Kier molecular flexibility index (Phi) is 3.81. The molecule has 6 heteroatoms. The number of nitriles is 1. The van der Waals surface area contributed by atoms with Gasteiger partial charge in [-0.05, 0) is 32.0 Å². The number of likely N-dealkylation sites (tertiary alicyclic amines) is 1. The van der Waals surface area contributed by atoms with Gasteiger partial charge in [0.25, 0.3) is 5.91 Å². The number of carbonyl (C=O) groups excluding carboxylic acids is 1. The lowest BCUT2D eigenvalue weighted by Gasteiger charge is -2.36. The molecule has 1 aromatic carbocycles. The third-order valence-corrected chi connectivity index (χ3v) is 3.65. The van der Waals surface area contributed by atoms with Crippen molar-refractivity contribution in [1.29, 1.82) is 5.26 Å². The number of benzene rings is 1. The number of aromatic hydroxyl groups is 2. The maximum atomic E-state index is 12.2. The number of hydrogen-bond acceptors (Lipinski definition) is 5. The van der Waals surface area contributed by atoms with Crippen LogP contribution >= 0.6 is 0 Å². The van der Waals surface area contributed by atoms with E-state index >= 15 is 0 Å². The summed E-state index contributed by atoms with van der Waals surface area (Å²) in [6, 6.07) is 6.24. The highest BCUT2D eigenvalue weighted by Crippen LogP contribution is 2.28. The van der Waals surface area contributed by atoms with Gasteiger partial charge in [-0.1, -0.05) is 6.07 Å². The Hall–Kier alpha value is -2.26. The largest absolute Gasteiger partial charge is 0.507 e. The number of nitrogens with one attached hydrogen (secondary N) is 1. The summed E-state index contributed by atoms with van der Waals surface area (Å²) in [7, 11) is 1.96. The van der Waals surface area contributed by atoms with Gasteiger partial charge in [-0.25, -0.2) is 0 Å². The molecular weight excluding hydrogens is 258 g/mol. The Morgan fingerprint density at radius 2 is 1.90 bits per heavy atom. The van der Waals surface area contributed by atoms with E-state index in [2.05, 4.69) is 16.3 Å². The molecule has 0 aliphatic carbocycles. The summed E-state index contributed by atoms with van der Waals surface area (Å²) in [5.41, 5.74) is -1.14. The van der Waals surface area contributed by atoms with Crippen molar-refractivity contribution in [2.45, 2.75) is 18.4 Å². The van der Waals surface area contributed by atoms with Crippen LogP contribution in [0.25, 0.3) is 0 Å². The van der Waals surface area contributed by atoms with Crippen LogP contribution in [0.15, 0.2) is 18.2 Å². The SMILES string of the molecule is CN1CCC(C#N)(NC(=O)c2c(O)cccc2O)CC1. The van der Waals surface area contributed by atoms with Crippen LogP contribution in [-0.4, -0.2) is 46.7 Å². The maximum absolute atomic E-state index is 12.2. The van der Waals surface area contributed by atoms with Crippen LogP contribution in [0, 0.1) is 11.3 Å². The first-order valence-electron chi connectivity index (χ1n) is 6.41. The molecule has 0 saturated carbocycles. The zero-order valence-electron chi connectivity index (χ0n) is 11.3. The molecule has 0 bridgehead atoms. The average molecular weight is 275 g/mol. The van der Waals surface area contributed by atoms with Crippen LogP contribution in [0.5, 0.6) is 11.5 Å². The summed E-state index contributed by atoms with van der Waals surface area (Å²) < 4.78 is 0. The first kappa shape index (κ1) is 14.2. The van der Waals surface area contributed by atoms with Gasteiger partial charge in [0.05, 0.1) is 6.07 Å². The highest BCUT2D eigenvalue weighted by Gasteiger charge is 2.36. The van der Waals surface area contributed by atoms with Crippen molar-refractivity contribution < 1.29 is 15.0 Å². The van der Waals surface area contributed by atoms with Crippen molar-refractivity contribution in [3.8, 4) is 17.6 Å². The number of amides is 1. The van der Waals surface area contributed by atoms with Gasteiger partial charge in [0.15, 0.2) is 0 Å². The molecule has 0 aromatic heterocycles. The minimum Gasteiger partial charge on any atom is -0.507 e. The van der Waals surface area contributed by atoms with E-state index in [0.717, 1.165) is 0 Å². The van der Waals surface area contributed by atoms with Crippen molar-refractivity contribution in [2.24, 2.45) is 0 Å². The van der Waals surface area contributed by atoms with Crippen LogP contribution in [0.3, 0.4) is 0 Å². The Bertz CT molecular complexity index is 537. The topological polar surface area (TPSA) is 96.6 Å². The van der Waals surface area contributed by atoms with Crippen LogP contribution in [0.1, 0.15) is 23.2 Å². The fourth-order valence-electron chi connectivity index (χ4n) is 2.31. The molecule has 0 radical (unpaired) electrons. The molecular formula is C14H17N3O3. The van der Waals surface area contributed by atoms with Crippen molar-refractivity contribution in [3.05, 3.63) is 23.8 Å². The number of carbonyl (C=O) groups is 1. The predicted octanol–water partition coefficient (Wildman–Crippen LogP) is 0.816. The number of rotatable bonds is 2. The number of phenolic OH excluding ortho intramolecular Hbond substituents is 2. The zero-order valence-corrected chi connectivity index (χ0v) is 11.3. The zero-order chi connectivity index (χ0) is 14.8. The highest BCUT2D eigenvalue weighted by molar-refractivity contribution is 6.00. The monoisotopic (exact) mass is 275 g/mol. The molecule has 3 N–H and O–H groups in total. The van der Waals surface area contributed by atoms with Crippen LogP contribution in [-0.2, 0) is 0 Å². The lowest BCUT2D eigenvalue weighted by atomic mass is 9.88. The normalized spacial score (nSPS) is 18.2. The molecule has 1 amide bonds. The van der Waals surface area contributed by atoms with Gasteiger partial charge in [-0.15, -0.1) is 0 Å². The summed E-state index contributed by atoms with van der Waals surface area (Å²) in [5.74, 6) is -1.24. The fourth-order valence-corrected chi connectivity index (χ4v) is 2.31. The summed E-state index contributed by atoms with van der Waals surface area (Å²) in [6.07, 6.45) is 1.03. The molecule has 1 saturated heterocycles. The number of hydrogen-bond donors (Lipinski definition) is 3. The van der Waals surface area contributed by atoms with E-state index in [-0.39, 0.29) is 17.1 Å². The van der Waals surface area contributed by atoms with E-state index in [4.69, 9.17) is 0 Å². The van der Waals surface area contributed by atoms with Crippen LogP contribution in [0.2, 0.25) is 0 Å². The van der Waals surface area contributed by atoms with E-state index < -0.39 is 11.4 Å². The molecule has 0 unspecified atom stereocenters. The summed E-state index contributed by atoms with van der Waals surface area (Å²) in [4.78, 5) is 14.3. The van der Waals surface area contributed by atoms with Gasteiger partial charge in [0.1, 0.15) is 22.6 Å². The van der Waals surface area contributed by atoms with E-state index in [0.29, 0.717) is 25.9 Å². The quantitative estimate of drug-likeness (QED) is 0.742. The first-order valence-corrected chi connectivity index (χ1v) is 6.41. The minimum atomic E-state index is -0.946. The predicted molar refractivity (Wildman–Crippen MR) is 72.3 cm³/mol. The van der Waals surface area contributed by atoms with Crippen LogP contribution in [0.4, 0.5) is 0 Å². The number of piperidine rings is 1. The van der Waals surface area contributed by atoms with Gasteiger partial charge in [-0.3, -0.25) is 4.79 Å². The molecule has 2 rings (SSSR count). The fraction of sp³-hybridized carbons (Fsp3) is 0.429. The minimum absolute atomic E-state index is 0.193. The molecule has 0 atom stereocenters. The Labute approximate surface area is 117 Å². The molecule has 20 heavy (non-hydrogen) atoms. The number of phenols is 2. The summed E-state index contributed by atoms with van der Waals surface area (Å²) >= 11 is 0. The van der Waals surface area contributed by atoms with Gasteiger partial charge < -0.3 is 20.4 Å². The van der Waals surface area contributed by atoms with E-state index in [1.54, 1.807) is 0 Å². The molecule has 1 aliphatic heterocycles. The first-order chi connectivity index (χ1) is 9.47. The van der Waals surface area contributed by atoms with Crippen molar-refractivity contribution in [2.75, 3.05) is 20.1 Å². The van der Waals surface area contributed by atoms with Crippen LogP contribution < -0.4 is 5.32 Å². The van der Waals surface area contributed by atoms with Gasteiger partial charge in [0.2, 0.25) is 0 Å². The molecule has 1 heterocycles. The van der Waals surface area contributed by atoms with Gasteiger partial charge in [-0.2, -0.15) is 5.26 Å². The molecule has 0 spiro atoms. The third kappa shape index (κ3) is 2.68. The van der Waals surface area contributed by atoms with E-state index in [1.165, 1.54) is 18.2 Å². The van der Waals surface area contributed by atoms with E-state index in [9.17, 15) is 20.3 Å². The summed E-state index contributed by atoms with van der Waals surface area (Å²) in [6.45, 7) is 1.42. The standard InChI is InChI=1S/C14H17N3O3/c1-17-7-5-14(9-15,6-8-17)16-13(20)12-10(18)3-2-4-11(12)19/h2-4,18-19H,5-8H2,1H3,(H,16,20). The Morgan fingerprint density at radius 1 is 1.35 bits per heavy atom. The number of nitrogens with zero attached hydrogens (tertiary/aromatic N) is 2. The molecule has 1 aliphatic rings. The lowest BCUT2D eigenvalue weighted by Crippen LogP contribution is -2.53. The van der Waals surface area contributed by atoms with Gasteiger partial charge in [0, 0.05) is 13.1 Å². The smallest absolute Gasteiger partial charge is 0.260 e. The van der Waals surface area contributed by atoms with Crippen molar-refractivity contribution in [3.63, 3.8) is 0 Å². The molecule has 1 fully saturated rings. The van der Waals surface area contributed by atoms with Crippen molar-refractivity contribution in [1.82, 2.24) is 10.2 Å². The molecule has 106 valence electrons. The highest BCUT2D eigenvalue weighted by atomic mass is 16.3. The Balaban J connectivity index is 2.21. The molecule has 1 aromatic rings. The average Bonchev–Trinajstić information content (AvgIpc) is 2.41. The molecule has 6 nitrogen and oxygen atoms in total. The Morgan fingerprint density at radius 3 is 2.40 bits per heavy atom. The lowest BCUT2D eigenvalue weighted by molar-refractivity contribution is 0.0876. The van der Waals surface area contributed by atoms with E-state index in [1.807, 2.05) is 7.05 Å². The maximum Gasteiger partial charge on any atom is 0.260 e. The van der Waals surface area contributed by atoms with Gasteiger partial charge >= 0.3 is 0 Å². The third-order valence-electron chi connectivity index (χ3n) is 3.65. The summed E-state index contributed by atoms with van der Waals surface area (Å²) in [5, 5.41) is 31.4. The second-order valence-corrected chi connectivity index (χ2v) is 5.12. The second kappa shape index (κ2) is 5.39. The second-order valence-electron chi connectivity index (χ2n) is 5.12. The van der Waals surface area contributed by atoms with Crippen molar-refractivity contribution >= 4 is 5.91 Å².